The van der Waals surface area contributed by atoms with Gasteiger partial charge in [0, 0.05) is 0 Å². The first kappa shape index (κ1) is 6.66. The lowest BCUT2D eigenvalue weighted by atomic mass is 9.89. The Morgan fingerprint density at radius 1 is 1.44 bits per heavy atom. The van der Waals surface area contributed by atoms with Crippen LogP contribution in [-0.4, -0.2) is 7.85 Å². The maximum Gasteiger partial charge on any atom is 0.0653 e. The summed E-state index contributed by atoms with van der Waals surface area (Å²) in [6, 6.07) is 0. The third-order valence-corrected chi connectivity index (χ3v) is 1.61. The van der Waals surface area contributed by atoms with Gasteiger partial charge in [-0.25, -0.2) is 0 Å². The Morgan fingerprint density at radius 2 is 2.33 bits per heavy atom. The molecule has 0 saturated heterocycles. The molecular formula is C8H11B. The van der Waals surface area contributed by atoms with Crippen LogP contribution in [0.1, 0.15) is 12.8 Å². The lowest BCUT2D eigenvalue weighted by Crippen LogP contribution is -1.95. The predicted octanol–water partition coefficient (Wildman–Crippen LogP) is 2.10. The fourth-order valence-electron chi connectivity index (χ4n) is 1.06. The van der Waals surface area contributed by atoms with E-state index < -0.39 is 0 Å². The van der Waals surface area contributed by atoms with Gasteiger partial charge >= 0.3 is 0 Å². The number of allylic oxidation sites excluding steroid dienone is 4. The van der Waals surface area contributed by atoms with E-state index in [1.54, 1.807) is 0 Å². The Bertz CT molecular complexity index is 125. The van der Waals surface area contributed by atoms with E-state index in [0.29, 0.717) is 5.92 Å². The molecule has 1 atom stereocenters. The van der Waals surface area contributed by atoms with Crippen molar-refractivity contribution in [2.45, 2.75) is 19.2 Å². The second-order valence-electron chi connectivity index (χ2n) is 2.39. The van der Waals surface area contributed by atoms with Crippen molar-refractivity contribution >= 4 is 7.85 Å². The van der Waals surface area contributed by atoms with E-state index >= 15 is 0 Å². The zero-order chi connectivity index (χ0) is 6.53. The average molecular weight is 118 g/mol. The second kappa shape index (κ2) is 3.55. The first-order valence-electron chi connectivity index (χ1n) is 3.47. The molecule has 0 aliphatic heterocycles. The molecule has 46 valence electrons. The van der Waals surface area contributed by atoms with Crippen LogP contribution in [0.15, 0.2) is 24.3 Å². The summed E-state index contributed by atoms with van der Waals surface area (Å²) in [7, 11) is 5.40. The molecule has 0 nitrogen and oxygen atoms in total. The van der Waals surface area contributed by atoms with Crippen LogP contribution in [0.4, 0.5) is 0 Å². The van der Waals surface area contributed by atoms with E-state index in [-0.39, 0.29) is 0 Å². The van der Waals surface area contributed by atoms with Crippen LogP contribution >= 0.6 is 0 Å². The minimum atomic E-state index is 0.708. The smallest absolute Gasteiger partial charge is 0.0653 e. The second-order valence-corrected chi connectivity index (χ2v) is 2.39. The summed E-state index contributed by atoms with van der Waals surface area (Å²) in [6.07, 6.45) is 11.7. The van der Waals surface area contributed by atoms with Gasteiger partial charge in [-0.15, -0.1) is 0 Å². The molecule has 0 aromatic carbocycles. The van der Waals surface area contributed by atoms with Crippen molar-refractivity contribution in [2.75, 3.05) is 0 Å². The minimum Gasteiger partial charge on any atom is -0.0881 e. The summed E-state index contributed by atoms with van der Waals surface area (Å²) >= 11 is 0. The van der Waals surface area contributed by atoms with Crippen molar-refractivity contribution in [3.63, 3.8) is 0 Å². The Labute approximate surface area is 58.1 Å². The first-order chi connectivity index (χ1) is 4.43. The zero-order valence-corrected chi connectivity index (χ0v) is 5.59. The molecule has 1 aliphatic carbocycles. The standard InChI is InChI=1S/C8H11B/c9-7-6-8-4-2-1-3-5-8/h1-4,8H,5-7H2. The highest BCUT2D eigenvalue weighted by Gasteiger charge is 2.01. The molecule has 1 unspecified atom stereocenters. The highest BCUT2D eigenvalue weighted by atomic mass is 14.1. The Kier molecular flexibility index (Phi) is 2.63. The molecule has 0 aromatic rings. The van der Waals surface area contributed by atoms with Crippen LogP contribution in [0.3, 0.4) is 0 Å². The predicted molar refractivity (Wildman–Crippen MR) is 41.6 cm³/mol. The van der Waals surface area contributed by atoms with Crippen LogP contribution in [0.2, 0.25) is 6.32 Å². The van der Waals surface area contributed by atoms with Crippen LogP contribution in [-0.2, 0) is 0 Å². The van der Waals surface area contributed by atoms with E-state index in [9.17, 15) is 0 Å². The topological polar surface area (TPSA) is 0 Å². The van der Waals surface area contributed by atoms with Gasteiger partial charge in [-0.2, -0.15) is 0 Å². The lowest BCUT2D eigenvalue weighted by Gasteiger charge is -2.09. The summed E-state index contributed by atoms with van der Waals surface area (Å²) < 4.78 is 0. The van der Waals surface area contributed by atoms with E-state index in [2.05, 4.69) is 24.3 Å². The number of hydrogen-bond acceptors (Lipinski definition) is 0. The Morgan fingerprint density at radius 3 is 2.89 bits per heavy atom. The molecule has 1 aliphatic rings. The summed E-state index contributed by atoms with van der Waals surface area (Å²) in [4.78, 5) is 0. The van der Waals surface area contributed by atoms with Crippen molar-refractivity contribution < 1.29 is 0 Å². The molecule has 0 fully saturated rings. The van der Waals surface area contributed by atoms with Gasteiger partial charge in [0.15, 0.2) is 0 Å². The Hall–Kier alpha value is -0.455. The van der Waals surface area contributed by atoms with Gasteiger partial charge in [-0.3, -0.25) is 0 Å². The molecule has 0 aromatic heterocycles. The van der Waals surface area contributed by atoms with Gasteiger partial charge in [0.1, 0.15) is 0 Å². The van der Waals surface area contributed by atoms with Crippen molar-refractivity contribution in [3.8, 4) is 0 Å². The number of rotatable bonds is 2. The Balaban J connectivity index is 2.28. The van der Waals surface area contributed by atoms with Gasteiger partial charge in [0.2, 0.25) is 0 Å². The summed E-state index contributed by atoms with van der Waals surface area (Å²) in [6.45, 7) is 0. The maximum atomic E-state index is 5.40. The molecule has 0 heterocycles. The molecule has 0 bridgehead atoms. The van der Waals surface area contributed by atoms with Crippen molar-refractivity contribution in [3.05, 3.63) is 24.3 Å². The molecule has 1 rings (SSSR count). The lowest BCUT2D eigenvalue weighted by molar-refractivity contribution is 0.633. The van der Waals surface area contributed by atoms with Gasteiger partial charge < -0.3 is 0 Å². The molecule has 9 heavy (non-hydrogen) atoms. The maximum absolute atomic E-state index is 5.40. The quantitative estimate of drug-likeness (QED) is 0.487. The first-order valence-corrected chi connectivity index (χ1v) is 3.47. The highest BCUT2D eigenvalue weighted by molar-refractivity contribution is 6.08. The molecule has 0 amide bonds. The minimum absolute atomic E-state index is 0.708. The average Bonchev–Trinajstić information content (AvgIpc) is 1.91. The molecular weight excluding hydrogens is 107 g/mol. The van der Waals surface area contributed by atoms with Gasteiger partial charge in [-0.1, -0.05) is 37.0 Å². The molecule has 0 N–H and O–H groups in total. The zero-order valence-electron chi connectivity index (χ0n) is 5.59. The molecule has 1 heteroatoms. The van der Waals surface area contributed by atoms with E-state index in [4.69, 9.17) is 7.85 Å². The van der Waals surface area contributed by atoms with Gasteiger partial charge in [0.25, 0.3) is 0 Å². The van der Waals surface area contributed by atoms with Crippen LogP contribution in [0, 0.1) is 5.92 Å². The normalized spacial score (nSPS) is 24.7. The third kappa shape index (κ3) is 2.09. The van der Waals surface area contributed by atoms with Crippen LogP contribution in [0.25, 0.3) is 0 Å². The van der Waals surface area contributed by atoms with Crippen LogP contribution < -0.4 is 0 Å². The largest absolute Gasteiger partial charge is 0.0881 e. The van der Waals surface area contributed by atoms with Gasteiger partial charge in [-0.05, 0) is 12.3 Å². The van der Waals surface area contributed by atoms with E-state index in [0.717, 1.165) is 12.7 Å². The highest BCUT2D eigenvalue weighted by Crippen LogP contribution is 2.16. The third-order valence-electron chi connectivity index (χ3n) is 1.61. The van der Waals surface area contributed by atoms with Gasteiger partial charge in [0.05, 0.1) is 7.85 Å². The summed E-state index contributed by atoms with van der Waals surface area (Å²) in [5.41, 5.74) is 0. The monoisotopic (exact) mass is 118 g/mol. The molecule has 0 spiro atoms. The van der Waals surface area contributed by atoms with Crippen LogP contribution in [0.5, 0.6) is 0 Å². The van der Waals surface area contributed by atoms with Crippen molar-refractivity contribution in [1.82, 2.24) is 0 Å². The van der Waals surface area contributed by atoms with E-state index in [1.807, 2.05) is 0 Å². The number of hydrogen-bond donors (Lipinski definition) is 0. The fraction of sp³-hybridized carbons (Fsp3) is 0.500. The summed E-state index contributed by atoms with van der Waals surface area (Å²) in [5, 5.41) is 0. The van der Waals surface area contributed by atoms with E-state index in [1.165, 1.54) is 6.42 Å². The molecule has 0 saturated carbocycles. The SMILES string of the molecule is [B]CCC1C=CC=CC1. The van der Waals surface area contributed by atoms with Crippen molar-refractivity contribution in [1.29, 1.82) is 0 Å². The summed E-state index contributed by atoms with van der Waals surface area (Å²) in [5.74, 6) is 0.708. The fourth-order valence-corrected chi connectivity index (χ4v) is 1.06. The molecule has 2 radical (unpaired) electrons. The van der Waals surface area contributed by atoms with Crippen molar-refractivity contribution in [2.24, 2.45) is 5.92 Å².